The van der Waals surface area contributed by atoms with Gasteiger partial charge in [-0.05, 0) is 59.3 Å². The van der Waals surface area contributed by atoms with Crippen LogP contribution in [0, 0.1) is 17.2 Å². The summed E-state index contributed by atoms with van der Waals surface area (Å²) < 4.78 is 5.97. The number of carbonyl (C=O) groups excluding carboxylic acids is 2. The lowest BCUT2D eigenvalue weighted by molar-refractivity contribution is -0.121. The molecule has 3 aromatic carbocycles. The highest BCUT2D eigenvalue weighted by Gasteiger charge is 2.42. The first-order valence-electron chi connectivity index (χ1n) is 15.0. The van der Waals surface area contributed by atoms with E-state index >= 15 is 0 Å². The fraction of sp³-hybridized carbons (Fsp3) is 0.351. The minimum Gasteiger partial charge on any atom is -0.489 e. The fourth-order valence-electron chi connectivity index (χ4n) is 5.74. The summed E-state index contributed by atoms with van der Waals surface area (Å²) in [4.78, 5) is 30.9. The van der Waals surface area contributed by atoms with Gasteiger partial charge in [-0.15, -0.1) is 11.8 Å². The molecule has 0 bridgehead atoms. The maximum absolute atomic E-state index is 13.2. The molecule has 1 aliphatic heterocycles. The Labute approximate surface area is 259 Å². The molecule has 1 fully saturated rings. The molecule has 0 radical (unpaired) electrons. The summed E-state index contributed by atoms with van der Waals surface area (Å²) in [6, 6.07) is 28.1. The molecule has 0 saturated heterocycles. The average Bonchev–Trinajstić information content (AvgIpc) is 3.02. The SMILES string of the molecule is CC(C)(C)c1ccc(C(=O)CCCSC2=C(C#N)[C@@H](c3ccc(OCc4ccccc4)cc3)C3C(=O)CCCC3=N2)cc1. The van der Waals surface area contributed by atoms with E-state index in [1.165, 1.54) is 17.3 Å². The molecule has 5 rings (SSSR count). The second-order valence-electron chi connectivity index (χ2n) is 12.3. The van der Waals surface area contributed by atoms with Gasteiger partial charge in [0.05, 0.1) is 17.6 Å². The Balaban J connectivity index is 1.28. The smallest absolute Gasteiger partial charge is 0.162 e. The summed E-state index contributed by atoms with van der Waals surface area (Å²) in [6.07, 6.45) is 3.17. The summed E-state index contributed by atoms with van der Waals surface area (Å²) in [5.41, 5.74) is 5.40. The van der Waals surface area contributed by atoms with Crippen LogP contribution >= 0.6 is 11.8 Å². The number of rotatable bonds is 10. The number of ether oxygens (including phenoxy) is 1. The van der Waals surface area contributed by atoms with Crippen molar-refractivity contribution in [1.29, 1.82) is 5.26 Å². The number of thioether (sulfide) groups is 1. The van der Waals surface area contributed by atoms with Crippen LogP contribution < -0.4 is 4.74 Å². The van der Waals surface area contributed by atoms with Gasteiger partial charge in [-0.1, -0.05) is 87.5 Å². The van der Waals surface area contributed by atoms with Gasteiger partial charge in [0.25, 0.3) is 0 Å². The van der Waals surface area contributed by atoms with E-state index in [-0.39, 0.29) is 22.9 Å². The van der Waals surface area contributed by atoms with Crippen LogP contribution in [0.3, 0.4) is 0 Å². The highest BCUT2D eigenvalue weighted by molar-refractivity contribution is 8.03. The van der Waals surface area contributed by atoms with Crippen molar-refractivity contribution in [3.63, 3.8) is 0 Å². The zero-order valence-electron chi connectivity index (χ0n) is 25.1. The molecule has 2 atom stereocenters. The van der Waals surface area contributed by atoms with E-state index in [2.05, 4.69) is 26.8 Å². The van der Waals surface area contributed by atoms with Crippen molar-refractivity contribution in [2.45, 2.75) is 70.8 Å². The summed E-state index contributed by atoms with van der Waals surface area (Å²) in [6.45, 7) is 6.95. The molecule has 1 aliphatic carbocycles. The number of allylic oxidation sites excluding steroid dienone is 1. The number of hydrogen-bond acceptors (Lipinski definition) is 6. The van der Waals surface area contributed by atoms with Crippen LogP contribution in [0.25, 0.3) is 0 Å². The van der Waals surface area contributed by atoms with Gasteiger partial charge in [-0.3, -0.25) is 9.59 Å². The first-order chi connectivity index (χ1) is 20.7. The standard InChI is InChI=1S/C37H38N2O3S/c1-37(2,3)28-18-14-26(15-19-28)32(40)13-8-22-43-36-30(23-38)34(35-31(39-36)11-7-12-33(35)41)27-16-20-29(21-17-27)42-24-25-9-5-4-6-10-25/h4-6,9-10,14-21,34-35H,7-8,11-13,22,24H2,1-3H3/t34-,35?/m1/s1. The van der Waals surface area contributed by atoms with Crippen LogP contribution in [0.5, 0.6) is 5.75 Å². The third-order valence-electron chi connectivity index (χ3n) is 8.15. The minimum absolute atomic E-state index is 0.0455. The van der Waals surface area contributed by atoms with Crippen LogP contribution in [0.4, 0.5) is 0 Å². The Morgan fingerprint density at radius 1 is 0.977 bits per heavy atom. The van der Waals surface area contributed by atoms with Gasteiger partial charge in [-0.25, -0.2) is 4.99 Å². The number of nitriles is 1. The van der Waals surface area contributed by atoms with E-state index in [9.17, 15) is 14.9 Å². The second kappa shape index (κ2) is 13.6. The average molecular weight is 591 g/mol. The Hall–Kier alpha value is -3.95. The molecule has 6 heteroatoms. The number of carbonyl (C=O) groups is 2. The number of nitrogens with zero attached hydrogens (tertiary/aromatic N) is 2. The van der Waals surface area contributed by atoms with Crippen LogP contribution in [0.15, 0.2) is 94.5 Å². The molecule has 43 heavy (non-hydrogen) atoms. The third kappa shape index (κ3) is 7.35. The second-order valence-corrected chi connectivity index (χ2v) is 13.3. The largest absolute Gasteiger partial charge is 0.489 e. The quantitative estimate of drug-likeness (QED) is 0.174. The highest BCUT2D eigenvalue weighted by atomic mass is 32.2. The van der Waals surface area contributed by atoms with Crippen molar-refractivity contribution in [2.24, 2.45) is 10.9 Å². The molecule has 0 amide bonds. The van der Waals surface area contributed by atoms with Gasteiger partial charge >= 0.3 is 0 Å². The van der Waals surface area contributed by atoms with Gasteiger partial charge in [0.15, 0.2) is 5.78 Å². The van der Waals surface area contributed by atoms with E-state index in [1.54, 1.807) is 0 Å². The predicted octanol–water partition coefficient (Wildman–Crippen LogP) is 8.60. The number of hydrogen-bond donors (Lipinski definition) is 0. The van der Waals surface area contributed by atoms with Crippen LogP contribution in [0.1, 0.15) is 85.8 Å². The number of aliphatic imine (C=N–C) groups is 1. The molecular weight excluding hydrogens is 552 g/mol. The Morgan fingerprint density at radius 3 is 2.37 bits per heavy atom. The lowest BCUT2D eigenvalue weighted by atomic mass is 9.70. The minimum atomic E-state index is -0.401. The first kappa shape index (κ1) is 30.5. The van der Waals surface area contributed by atoms with Crippen molar-refractivity contribution in [3.05, 3.63) is 112 Å². The van der Waals surface area contributed by atoms with Crippen molar-refractivity contribution in [3.8, 4) is 11.8 Å². The van der Waals surface area contributed by atoms with Gasteiger partial charge in [0, 0.05) is 30.0 Å². The Morgan fingerprint density at radius 2 is 1.70 bits per heavy atom. The normalized spacial score (nSPS) is 18.5. The zero-order chi connectivity index (χ0) is 30.4. The molecule has 1 unspecified atom stereocenters. The molecule has 5 nitrogen and oxygen atoms in total. The third-order valence-corrected chi connectivity index (χ3v) is 9.23. The maximum Gasteiger partial charge on any atom is 0.162 e. The molecule has 0 N–H and O–H groups in total. The zero-order valence-corrected chi connectivity index (χ0v) is 26.0. The highest BCUT2D eigenvalue weighted by Crippen LogP contribution is 2.45. The molecular formula is C37H38N2O3S. The summed E-state index contributed by atoms with van der Waals surface area (Å²) >= 11 is 1.52. The Bertz CT molecular complexity index is 1560. The van der Waals surface area contributed by atoms with Gasteiger partial charge in [0.2, 0.25) is 0 Å². The summed E-state index contributed by atoms with van der Waals surface area (Å²) in [7, 11) is 0. The fourth-order valence-corrected chi connectivity index (χ4v) is 6.73. The van der Waals surface area contributed by atoms with Crippen LogP contribution in [-0.2, 0) is 16.8 Å². The predicted molar refractivity (Wildman–Crippen MR) is 174 cm³/mol. The van der Waals surface area contributed by atoms with E-state index in [4.69, 9.17) is 9.73 Å². The summed E-state index contributed by atoms with van der Waals surface area (Å²) in [5.74, 6) is 0.915. The van der Waals surface area contributed by atoms with Gasteiger partial charge in [-0.2, -0.15) is 5.26 Å². The number of fused-ring (bicyclic) bond motifs is 1. The van der Waals surface area contributed by atoms with E-state index < -0.39 is 5.92 Å². The van der Waals surface area contributed by atoms with Crippen molar-refractivity contribution < 1.29 is 14.3 Å². The Kier molecular flexibility index (Phi) is 9.62. The van der Waals surface area contributed by atoms with Crippen LogP contribution in [0.2, 0.25) is 0 Å². The number of ketones is 2. The van der Waals surface area contributed by atoms with Crippen LogP contribution in [-0.4, -0.2) is 23.0 Å². The van der Waals surface area contributed by atoms with Crippen molar-refractivity contribution >= 4 is 29.0 Å². The van der Waals surface area contributed by atoms with Gasteiger partial charge < -0.3 is 4.74 Å². The van der Waals surface area contributed by atoms with Crippen molar-refractivity contribution in [1.82, 2.24) is 0 Å². The molecule has 3 aromatic rings. The summed E-state index contributed by atoms with van der Waals surface area (Å²) in [5, 5.41) is 11.0. The number of Topliss-reactive ketones (excluding diaryl/α,β-unsaturated/α-hetero) is 2. The lowest BCUT2D eigenvalue weighted by Crippen LogP contribution is -2.37. The maximum atomic E-state index is 13.2. The monoisotopic (exact) mass is 590 g/mol. The van der Waals surface area contributed by atoms with E-state index in [1.807, 2.05) is 78.9 Å². The van der Waals surface area contributed by atoms with E-state index in [0.717, 1.165) is 41.0 Å². The van der Waals surface area contributed by atoms with E-state index in [0.29, 0.717) is 42.2 Å². The van der Waals surface area contributed by atoms with Gasteiger partial charge in [0.1, 0.15) is 23.2 Å². The lowest BCUT2D eigenvalue weighted by Gasteiger charge is -2.34. The molecule has 0 spiro atoms. The molecule has 0 aromatic heterocycles. The first-order valence-corrected chi connectivity index (χ1v) is 16.0. The molecule has 2 aliphatic rings. The topological polar surface area (TPSA) is 79.5 Å². The molecule has 220 valence electrons. The molecule has 1 saturated carbocycles. The molecule has 1 heterocycles. The van der Waals surface area contributed by atoms with Crippen molar-refractivity contribution in [2.75, 3.05) is 5.75 Å². The number of benzene rings is 3.